The van der Waals surface area contributed by atoms with Gasteiger partial charge in [-0.25, -0.2) is 9.97 Å². The maximum absolute atomic E-state index is 5.40. The lowest BCUT2D eigenvalue weighted by molar-refractivity contribution is 0.998. The SMILES string of the molecule is c1ccc(-c2cccc(-c3cc(-c4ccccc4)nc(-n4c5ccccc5c5ccc6c(c7ccccc7n6-c6ccccc6)c54)n3)c2)cc1. The van der Waals surface area contributed by atoms with Gasteiger partial charge < -0.3 is 4.57 Å². The van der Waals surface area contributed by atoms with Gasteiger partial charge in [-0.1, -0.05) is 140 Å². The fourth-order valence-corrected chi connectivity index (χ4v) is 7.50. The van der Waals surface area contributed by atoms with Crippen molar-refractivity contribution in [1.82, 2.24) is 19.1 Å². The zero-order valence-corrected chi connectivity index (χ0v) is 27.1. The van der Waals surface area contributed by atoms with Crippen LogP contribution in [0.15, 0.2) is 182 Å². The molecule has 3 heterocycles. The van der Waals surface area contributed by atoms with Gasteiger partial charge >= 0.3 is 0 Å². The van der Waals surface area contributed by atoms with Gasteiger partial charge in [0, 0.05) is 38.4 Å². The number of fused-ring (bicyclic) bond motifs is 7. The topological polar surface area (TPSA) is 35.6 Å². The van der Waals surface area contributed by atoms with Crippen LogP contribution in [0.3, 0.4) is 0 Å². The number of aromatic nitrogens is 4. The molecule has 7 aromatic carbocycles. The van der Waals surface area contributed by atoms with Gasteiger partial charge in [-0.15, -0.1) is 0 Å². The van der Waals surface area contributed by atoms with Gasteiger partial charge in [0.1, 0.15) is 0 Å². The molecule has 0 fully saturated rings. The summed E-state index contributed by atoms with van der Waals surface area (Å²) >= 11 is 0. The Kier molecular flexibility index (Phi) is 6.46. The minimum Gasteiger partial charge on any atom is -0.309 e. The zero-order chi connectivity index (χ0) is 33.0. The number of para-hydroxylation sites is 3. The van der Waals surface area contributed by atoms with Crippen molar-refractivity contribution in [2.24, 2.45) is 0 Å². The average Bonchev–Trinajstić information content (AvgIpc) is 3.72. The molecular weight excluding hydrogens is 609 g/mol. The Labute approximate surface area is 289 Å². The molecule has 10 rings (SSSR count). The Morgan fingerprint density at radius 1 is 0.340 bits per heavy atom. The van der Waals surface area contributed by atoms with Gasteiger partial charge in [-0.05, 0) is 53.6 Å². The molecule has 0 radical (unpaired) electrons. The van der Waals surface area contributed by atoms with Crippen molar-refractivity contribution in [3.05, 3.63) is 182 Å². The first kappa shape index (κ1) is 28.3. The van der Waals surface area contributed by atoms with E-state index in [1.54, 1.807) is 0 Å². The van der Waals surface area contributed by atoms with Crippen molar-refractivity contribution < 1.29 is 0 Å². The van der Waals surface area contributed by atoms with E-state index in [9.17, 15) is 0 Å². The zero-order valence-electron chi connectivity index (χ0n) is 27.1. The maximum Gasteiger partial charge on any atom is 0.235 e. The third-order valence-corrected chi connectivity index (χ3v) is 9.73. The van der Waals surface area contributed by atoms with Crippen LogP contribution in [0.5, 0.6) is 0 Å². The second-order valence-electron chi connectivity index (χ2n) is 12.6. The molecule has 4 nitrogen and oxygen atoms in total. The van der Waals surface area contributed by atoms with E-state index in [4.69, 9.17) is 9.97 Å². The fourth-order valence-electron chi connectivity index (χ4n) is 7.50. The minimum atomic E-state index is 0.640. The summed E-state index contributed by atoms with van der Waals surface area (Å²) in [6.07, 6.45) is 0. The van der Waals surface area contributed by atoms with Crippen molar-refractivity contribution in [3.8, 4) is 45.3 Å². The van der Waals surface area contributed by atoms with Crippen molar-refractivity contribution in [2.45, 2.75) is 0 Å². The van der Waals surface area contributed by atoms with E-state index < -0.39 is 0 Å². The Balaban J connectivity index is 1.32. The normalized spacial score (nSPS) is 11.6. The summed E-state index contributed by atoms with van der Waals surface area (Å²) in [4.78, 5) is 10.8. The molecule has 0 saturated carbocycles. The molecule has 0 amide bonds. The molecule has 0 aliphatic carbocycles. The van der Waals surface area contributed by atoms with E-state index in [1.165, 1.54) is 27.1 Å². The lowest BCUT2D eigenvalue weighted by Crippen LogP contribution is -2.04. The maximum atomic E-state index is 5.40. The van der Waals surface area contributed by atoms with Crippen molar-refractivity contribution in [3.63, 3.8) is 0 Å². The predicted molar refractivity (Wildman–Crippen MR) is 207 cm³/mol. The predicted octanol–water partition coefficient (Wildman–Crippen LogP) is 11.7. The smallest absolute Gasteiger partial charge is 0.235 e. The highest BCUT2D eigenvalue weighted by Gasteiger charge is 2.22. The molecule has 0 aliphatic rings. The highest BCUT2D eigenvalue weighted by Crippen LogP contribution is 2.42. The van der Waals surface area contributed by atoms with Gasteiger partial charge in [0.25, 0.3) is 0 Å². The molecular formula is C46H30N4. The summed E-state index contributed by atoms with van der Waals surface area (Å²) in [7, 11) is 0. The standard InChI is InChI=1S/C46H30N4/c1-4-15-31(16-5-1)33-19-14-20-34(29-33)40-30-39(32-17-6-2-7-18-32)47-46(48-40)50-41-25-12-10-23-36(41)37-27-28-43-44(45(37)50)38-24-11-13-26-42(38)49(43)35-21-8-3-9-22-35/h1-30H. The van der Waals surface area contributed by atoms with Crippen LogP contribution < -0.4 is 0 Å². The lowest BCUT2D eigenvalue weighted by atomic mass is 10.0. The lowest BCUT2D eigenvalue weighted by Gasteiger charge is -2.13. The van der Waals surface area contributed by atoms with Crippen LogP contribution >= 0.6 is 0 Å². The summed E-state index contributed by atoms with van der Waals surface area (Å²) in [5.41, 5.74) is 11.8. The van der Waals surface area contributed by atoms with Gasteiger partial charge in [0.2, 0.25) is 5.95 Å². The van der Waals surface area contributed by atoms with E-state index in [0.717, 1.165) is 55.8 Å². The number of rotatable bonds is 5. The Morgan fingerprint density at radius 2 is 0.900 bits per heavy atom. The van der Waals surface area contributed by atoms with Gasteiger partial charge in [-0.2, -0.15) is 0 Å². The largest absolute Gasteiger partial charge is 0.309 e. The molecule has 0 atom stereocenters. The number of hydrogen-bond donors (Lipinski definition) is 0. The summed E-state index contributed by atoms with van der Waals surface area (Å²) in [5, 5.41) is 4.71. The quantitative estimate of drug-likeness (QED) is 0.188. The molecule has 0 N–H and O–H groups in total. The van der Waals surface area contributed by atoms with Crippen LogP contribution in [-0.2, 0) is 0 Å². The van der Waals surface area contributed by atoms with E-state index in [0.29, 0.717) is 5.95 Å². The molecule has 3 aromatic heterocycles. The first-order chi connectivity index (χ1) is 24.8. The van der Waals surface area contributed by atoms with E-state index >= 15 is 0 Å². The summed E-state index contributed by atoms with van der Waals surface area (Å²) in [5.74, 6) is 0.640. The molecule has 10 aromatic rings. The summed E-state index contributed by atoms with van der Waals surface area (Å²) in [6.45, 7) is 0. The highest BCUT2D eigenvalue weighted by molar-refractivity contribution is 6.26. The van der Waals surface area contributed by atoms with Crippen molar-refractivity contribution >= 4 is 43.6 Å². The first-order valence-electron chi connectivity index (χ1n) is 16.9. The van der Waals surface area contributed by atoms with Crippen LogP contribution in [0.2, 0.25) is 0 Å². The molecule has 234 valence electrons. The van der Waals surface area contributed by atoms with E-state index in [-0.39, 0.29) is 0 Å². The molecule has 50 heavy (non-hydrogen) atoms. The van der Waals surface area contributed by atoms with Crippen LogP contribution in [0, 0.1) is 0 Å². The van der Waals surface area contributed by atoms with Crippen molar-refractivity contribution in [2.75, 3.05) is 0 Å². The fraction of sp³-hybridized carbons (Fsp3) is 0. The third-order valence-electron chi connectivity index (χ3n) is 9.73. The van der Waals surface area contributed by atoms with Crippen LogP contribution in [0.25, 0.3) is 88.9 Å². The number of hydrogen-bond acceptors (Lipinski definition) is 2. The molecule has 0 saturated heterocycles. The van der Waals surface area contributed by atoms with Crippen molar-refractivity contribution in [1.29, 1.82) is 0 Å². The monoisotopic (exact) mass is 638 g/mol. The minimum absolute atomic E-state index is 0.640. The molecule has 0 bridgehead atoms. The third kappa shape index (κ3) is 4.46. The van der Waals surface area contributed by atoms with Gasteiger partial charge in [0.05, 0.1) is 33.5 Å². The highest BCUT2D eigenvalue weighted by atomic mass is 15.2. The summed E-state index contributed by atoms with van der Waals surface area (Å²) < 4.78 is 4.65. The molecule has 0 unspecified atom stereocenters. The molecule has 0 aliphatic heterocycles. The summed E-state index contributed by atoms with van der Waals surface area (Å²) in [6, 6.07) is 64.2. The van der Waals surface area contributed by atoms with Crippen LogP contribution in [0.1, 0.15) is 0 Å². The number of nitrogens with zero attached hydrogens (tertiary/aromatic N) is 4. The van der Waals surface area contributed by atoms with Crippen LogP contribution in [-0.4, -0.2) is 19.1 Å². The van der Waals surface area contributed by atoms with Gasteiger partial charge in [0.15, 0.2) is 0 Å². The Bertz CT molecular complexity index is 2850. The second kappa shape index (κ2) is 11.4. The Morgan fingerprint density at radius 3 is 1.64 bits per heavy atom. The number of benzene rings is 7. The average molecular weight is 639 g/mol. The van der Waals surface area contributed by atoms with Crippen LogP contribution in [0.4, 0.5) is 0 Å². The van der Waals surface area contributed by atoms with E-state index in [1.807, 2.05) is 6.07 Å². The first-order valence-corrected chi connectivity index (χ1v) is 16.9. The van der Waals surface area contributed by atoms with Gasteiger partial charge in [-0.3, -0.25) is 4.57 Å². The van der Waals surface area contributed by atoms with E-state index in [2.05, 4.69) is 185 Å². The molecule has 4 heteroatoms. The molecule has 0 spiro atoms. The second-order valence-corrected chi connectivity index (χ2v) is 12.6. The Hall–Kier alpha value is -6.78.